The van der Waals surface area contributed by atoms with Crippen LogP contribution in [-0.2, 0) is 6.54 Å². The van der Waals surface area contributed by atoms with Crippen LogP contribution in [0, 0.1) is 0 Å². The summed E-state index contributed by atoms with van der Waals surface area (Å²) in [5, 5.41) is 11.0. The lowest BCUT2D eigenvalue weighted by molar-refractivity contribution is 0.101. The lowest BCUT2D eigenvalue weighted by Crippen LogP contribution is -2.16. The Morgan fingerprint density at radius 1 is 1.11 bits per heavy atom. The van der Waals surface area contributed by atoms with Gasteiger partial charge in [0.05, 0.1) is 23.6 Å². The third-order valence-electron chi connectivity index (χ3n) is 4.40. The summed E-state index contributed by atoms with van der Waals surface area (Å²) in [5.74, 6) is -0.213. The number of H-pyrrole nitrogens is 1. The van der Waals surface area contributed by atoms with Gasteiger partial charge >= 0.3 is 0 Å². The first kappa shape index (κ1) is 16.7. The Bertz CT molecular complexity index is 1170. The van der Waals surface area contributed by atoms with E-state index < -0.39 is 0 Å². The van der Waals surface area contributed by atoms with Gasteiger partial charge in [-0.05, 0) is 25.1 Å². The summed E-state index contributed by atoms with van der Waals surface area (Å²) in [5.41, 5.74) is 2.49. The van der Waals surface area contributed by atoms with Crippen LogP contribution < -0.4 is 10.9 Å². The predicted octanol–water partition coefficient (Wildman–Crippen LogP) is 3.06. The number of aryl methyl sites for hydroxylation is 1. The second-order valence-electron chi connectivity index (χ2n) is 6.04. The minimum Gasteiger partial charge on any atom is -0.327 e. The number of hydrogen-bond acceptors (Lipinski definition) is 4. The fraction of sp³-hybridized carbons (Fsp3) is 0.100. The molecule has 0 spiro atoms. The van der Waals surface area contributed by atoms with Crippen molar-refractivity contribution in [2.24, 2.45) is 0 Å². The van der Waals surface area contributed by atoms with Crippen molar-refractivity contribution in [3.8, 4) is 11.3 Å². The zero-order valence-electron chi connectivity index (χ0n) is 14.6. The molecule has 2 aromatic heterocycles. The molecule has 134 valence electrons. The number of aromatic amines is 1. The van der Waals surface area contributed by atoms with E-state index in [0.29, 0.717) is 29.0 Å². The molecule has 0 unspecified atom stereocenters. The monoisotopic (exact) mass is 359 g/mol. The van der Waals surface area contributed by atoms with Crippen LogP contribution in [0.2, 0.25) is 0 Å². The van der Waals surface area contributed by atoms with Gasteiger partial charge in [0.15, 0.2) is 0 Å². The number of aromatic nitrogens is 4. The van der Waals surface area contributed by atoms with Crippen LogP contribution >= 0.6 is 0 Å². The largest absolute Gasteiger partial charge is 0.327 e. The predicted molar refractivity (Wildman–Crippen MR) is 104 cm³/mol. The number of anilines is 1. The number of hydrogen-bond donors (Lipinski definition) is 2. The number of carbonyl (C=O) groups excluding carboxylic acids is 1. The van der Waals surface area contributed by atoms with Gasteiger partial charge in [0.25, 0.3) is 11.5 Å². The molecule has 0 radical (unpaired) electrons. The van der Waals surface area contributed by atoms with E-state index in [4.69, 9.17) is 0 Å². The Hall–Kier alpha value is -3.74. The second kappa shape index (κ2) is 6.87. The summed E-state index contributed by atoms with van der Waals surface area (Å²) < 4.78 is 1.78. The van der Waals surface area contributed by atoms with Crippen molar-refractivity contribution in [2.75, 3.05) is 5.32 Å². The SMILES string of the molecule is CCn1cncc1C(=O)Nc1ccc(-c2n[nH]c(=O)c3ccccc23)cc1. The van der Waals surface area contributed by atoms with E-state index in [1.165, 1.54) is 0 Å². The first-order chi connectivity index (χ1) is 13.2. The fourth-order valence-electron chi connectivity index (χ4n) is 3.00. The molecule has 0 fully saturated rings. The van der Waals surface area contributed by atoms with Crippen molar-refractivity contribution in [2.45, 2.75) is 13.5 Å². The van der Waals surface area contributed by atoms with Crippen LogP contribution in [0.3, 0.4) is 0 Å². The van der Waals surface area contributed by atoms with Crippen LogP contribution in [0.25, 0.3) is 22.0 Å². The highest BCUT2D eigenvalue weighted by Gasteiger charge is 2.12. The van der Waals surface area contributed by atoms with Crippen LogP contribution in [0.4, 0.5) is 5.69 Å². The molecule has 2 N–H and O–H groups in total. The van der Waals surface area contributed by atoms with Gasteiger partial charge in [-0.1, -0.05) is 30.3 Å². The minimum absolute atomic E-state index is 0.213. The van der Waals surface area contributed by atoms with Gasteiger partial charge < -0.3 is 9.88 Å². The van der Waals surface area contributed by atoms with Crippen molar-refractivity contribution in [1.82, 2.24) is 19.7 Å². The molecule has 1 amide bonds. The number of amides is 1. The van der Waals surface area contributed by atoms with Crippen LogP contribution in [0.5, 0.6) is 0 Å². The highest BCUT2D eigenvalue weighted by molar-refractivity contribution is 6.03. The number of fused-ring (bicyclic) bond motifs is 1. The maximum Gasteiger partial charge on any atom is 0.273 e. The molecule has 4 rings (SSSR count). The normalized spacial score (nSPS) is 10.9. The molecular weight excluding hydrogens is 342 g/mol. The second-order valence-corrected chi connectivity index (χ2v) is 6.04. The summed E-state index contributed by atoms with van der Waals surface area (Å²) in [4.78, 5) is 28.3. The fourth-order valence-corrected chi connectivity index (χ4v) is 3.00. The molecule has 7 nitrogen and oxygen atoms in total. The van der Waals surface area contributed by atoms with E-state index in [1.807, 2.05) is 37.3 Å². The molecule has 0 saturated carbocycles. The van der Waals surface area contributed by atoms with Crippen LogP contribution in [-0.4, -0.2) is 25.7 Å². The van der Waals surface area contributed by atoms with Gasteiger partial charge in [0.1, 0.15) is 5.69 Å². The minimum atomic E-state index is -0.217. The van der Waals surface area contributed by atoms with Gasteiger partial charge in [-0.25, -0.2) is 10.1 Å². The van der Waals surface area contributed by atoms with Gasteiger partial charge in [-0.2, -0.15) is 5.10 Å². The first-order valence-corrected chi connectivity index (χ1v) is 8.56. The zero-order chi connectivity index (χ0) is 18.8. The Morgan fingerprint density at radius 2 is 1.85 bits per heavy atom. The molecule has 2 heterocycles. The molecule has 2 aromatic carbocycles. The lowest BCUT2D eigenvalue weighted by Gasteiger charge is -2.09. The molecule has 0 bridgehead atoms. The van der Waals surface area contributed by atoms with Crippen molar-refractivity contribution < 1.29 is 4.79 Å². The number of benzene rings is 2. The third kappa shape index (κ3) is 3.10. The van der Waals surface area contributed by atoms with E-state index in [0.717, 1.165) is 10.9 Å². The summed E-state index contributed by atoms with van der Waals surface area (Å²) in [7, 11) is 0. The number of imidazole rings is 1. The maximum atomic E-state index is 12.4. The van der Waals surface area contributed by atoms with Crippen LogP contribution in [0.15, 0.2) is 65.8 Å². The van der Waals surface area contributed by atoms with E-state index >= 15 is 0 Å². The summed E-state index contributed by atoms with van der Waals surface area (Å²) in [6.07, 6.45) is 3.18. The standard InChI is InChI=1S/C20H17N5O2/c1-2-25-12-21-11-17(25)20(27)22-14-9-7-13(8-10-14)18-15-5-3-4-6-16(15)19(26)24-23-18/h3-12H,2H2,1H3,(H,22,27)(H,24,26). The van der Waals surface area contributed by atoms with Gasteiger partial charge in [-0.15, -0.1) is 0 Å². The third-order valence-corrected chi connectivity index (χ3v) is 4.40. The van der Waals surface area contributed by atoms with Gasteiger partial charge in [-0.3, -0.25) is 9.59 Å². The van der Waals surface area contributed by atoms with E-state index in [2.05, 4.69) is 20.5 Å². The number of nitrogens with zero attached hydrogens (tertiary/aromatic N) is 3. The van der Waals surface area contributed by atoms with Crippen molar-refractivity contribution in [1.29, 1.82) is 0 Å². The molecule has 0 atom stereocenters. The maximum absolute atomic E-state index is 12.4. The van der Waals surface area contributed by atoms with Crippen molar-refractivity contribution in [3.05, 3.63) is 77.1 Å². The highest BCUT2D eigenvalue weighted by atomic mass is 16.2. The number of rotatable bonds is 4. The Kier molecular flexibility index (Phi) is 4.25. The Balaban J connectivity index is 1.63. The highest BCUT2D eigenvalue weighted by Crippen LogP contribution is 2.25. The van der Waals surface area contributed by atoms with E-state index in [-0.39, 0.29) is 11.5 Å². The molecule has 0 aliphatic carbocycles. The van der Waals surface area contributed by atoms with Crippen molar-refractivity contribution in [3.63, 3.8) is 0 Å². The smallest absolute Gasteiger partial charge is 0.273 e. The molecule has 4 aromatic rings. The quantitative estimate of drug-likeness (QED) is 0.586. The summed E-state index contributed by atoms with van der Waals surface area (Å²) >= 11 is 0. The molecule has 27 heavy (non-hydrogen) atoms. The number of carbonyl (C=O) groups is 1. The summed E-state index contributed by atoms with van der Waals surface area (Å²) in [6, 6.07) is 14.7. The lowest BCUT2D eigenvalue weighted by atomic mass is 10.0. The molecular formula is C20H17N5O2. The van der Waals surface area contributed by atoms with Gasteiger partial charge in [0, 0.05) is 23.2 Å². The Labute approximate surface area is 154 Å². The van der Waals surface area contributed by atoms with Crippen molar-refractivity contribution >= 4 is 22.4 Å². The average molecular weight is 359 g/mol. The van der Waals surface area contributed by atoms with E-state index in [9.17, 15) is 9.59 Å². The molecule has 7 heteroatoms. The molecule has 0 aliphatic heterocycles. The van der Waals surface area contributed by atoms with Gasteiger partial charge in [0.2, 0.25) is 0 Å². The summed E-state index contributed by atoms with van der Waals surface area (Å²) in [6.45, 7) is 2.63. The topological polar surface area (TPSA) is 92.7 Å². The first-order valence-electron chi connectivity index (χ1n) is 8.56. The molecule has 0 aliphatic rings. The zero-order valence-corrected chi connectivity index (χ0v) is 14.6. The van der Waals surface area contributed by atoms with Crippen LogP contribution in [0.1, 0.15) is 17.4 Å². The number of nitrogens with one attached hydrogen (secondary N) is 2. The van der Waals surface area contributed by atoms with E-state index in [1.54, 1.807) is 35.3 Å². The average Bonchev–Trinajstić information content (AvgIpc) is 3.18. The Morgan fingerprint density at radius 3 is 2.59 bits per heavy atom. The molecule has 0 saturated heterocycles.